The van der Waals surface area contributed by atoms with Gasteiger partial charge in [0.05, 0.1) is 6.21 Å². The monoisotopic (exact) mass is 415 g/mol. The minimum Gasteiger partial charge on any atom is -0.326 e. The molecule has 26 heavy (non-hydrogen) atoms. The normalized spacial score (nSPS) is 10.9. The summed E-state index contributed by atoms with van der Waals surface area (Å²) in [6, 6.07) is 15.2. The minimum absolute atomic E-state index is 0.0754. The van der Waals surface area contributed by atoms with Gasteiger partial charge in [0.1, 0.15) is 0 Å². The second-order valence-corrected chi connectivity index (χ2v) is 7.09. The predicted octanol–water partition coefficient (Wildman–Crippen LogP) is 4.44. The van der Waals surface area contributed by atoms with Crippen molar-refractivity contribution in [1.29, 1.82) is 0 Å². The zero-order chi connectivity index (χ0) is 18.9. The van der Waals surface area contributed by atoms with Crippen LogP contribution in [0.3, 0.4) is 0 Å². The summed E-state index contributed by atoms with van der Waals surface area (Å²) >= 11 is 3.33. The number of carbonyl (C=O) groups excluding carboxylic acids is 2. The van der Waals surface area contributed by atoms with E-state index in [2.05, 4.69) is 45.6 Å². The number of amides is 2. The highest BCUT2D eigenvalue weighted by molar-refractivity contribution is 9.10. The van der Waals surface area contributed by atoms with Gasteiger partial charge in [0.15, 0.2) is 0 Å². The number of benzene rings is 2. The average Bonchev–Trinajstić information content (AvgIpc) is 2.62. The Labute approximate surface area is 162 Å². The third-order valence-corrected chi connectivity index (χ3v) is 4.24. The summed E-state index contributed by atoms with van der Waals surface area (Å²) in [5.41, 5.74) is 5.29. The van der Waals surface area contributed by atoms with E-state index in [-0.39, 0.29) is 24.7 Å². The molecule has 0 bridgehead atoms. The van der Waals surface area contributed by atoms with Crippen LogP contribution in [0.2, 0.25) is 0 Å². The van der Waals surface area contributed by atoms with Crippen LogP contribution in [-0.4, -0.2) is 18.0 Å². The van der Waals surface area contributed by atoms with Crippen molar-refractivity contribution in [3.05, 3.63) is 64.1 Å². The van der Waals surface area contributed by atoms with E-state index in [4.69, 9.17) is 0 Å². The molecule has 0 atom stereocenters. The standard InChI is InChI=1S/C20H22BrN3O2/c1-14(2)16-5-3-15(4-6-16)13-22-24-20(26)12-11-19(25)23-18-9-7-17(21)8-10-18/h3-10,13-14H,11-12H2,1-2H3,(H,23,25)(H,24,26)/b22-13+. The van der Waals surface area contributed by atoms with Gasteiger partial charge in [0, 0.05) is 23.0 Å². The molecule has 2 amide bonds. The third-order valence-electron chi connectivity index (χ3n) is 3.71. The number of hydrogen-bond donors (Lipinski definition) is 2. The molecule has 2 rings (SSSR count). The molecule has 0 fully saturated rings. The van der Waals surface area contributed by atoms with E-state index in [0.717, 1.165) is 10.0 Å². The van der Waals surface area contributed by atoms with Gasteiger partial charge in [0.25, 0.3) is 0 Å². The molecule has 0 aromatic heterocycles. The first kappa shape index (κ1) is 19.8. The molecular weight excluding hydrogens is 394 g/mol. The van der Waals surface area contributed by atoms with Crippen LogP contribution < -0.4 is 10.7 Å². The molecule has 0 heterocycles. The lowest BCUT2D eigenvalue weighted by Crippen LogP contribution is -2.20. The molecule has 136 valence electrons. The van der Waals surface area contributed by atoms with Crippen molar-refractivity contribution in [3.8, 4) is 0 Å². The van der Waals surface area contributed by atoms with Gasteiger partial charge in [-0.15, -0.1) is 0 Å². The second-order valence-electron chi connectivity index (χ2n) is 6.17. The number of halogens is 1. The van der Waals surface area contributed by atoms with Gasteiger partial charge < -0.3 is 5.32 Å². The highest BCUT2D eigenvalue weighted by Crippen LogP contribution is 2.15. The fourth-order valence-electron chi connectivity index (χ4n) is 2.19. The molecule has 0 unspecified atom stereocenters. The number of hydrogen-bond acceptors (Lipinski definition) is 3. The number of hydrazone groups is 1. The molecule has 2 aromatic rings. The summed E-state index contributed by atoms with van der Waals surface area (Å²) in [6.07, 6.45) is 1.76. The van der Waals surface area contributed by atoms with Gasteiger partial charge in [-0.2, -0.15) is 5.10 Å². The Morgan fingerprint density at radius 3 is 2.23 bits per heavy atom. The van der Waals surface area contributed by atoms with E-state index in [1.165, 1.54) is 5.56 Å². The van der Waals surface area contributed by atoms with Gasteiger partial charge in [0.2, 0.25) is 11.8 Å². The molecule has 0 radical (unpaired) electrons. The number of nitrogens with one attached hydrogen (secondary N) is 2. The van der Waals surface area contributed by atoms with Crippen molar-refractivity contribution < 1.29 is 9.59 Å². The highest BCUT2D eigenvalue weighted by Gasteiger charge is 2.06. The van der Waals surface area contributed by atoms with Gasteiger partial charge >= 0.3 is 0 Å². The summed E-state index contributed by atoms with van der Waals surface area (Å²) in [7, 11) is 0. The lowest BCUT2D eigenvalue weighted by atomic mass is 10.0. The van der Waals surface area contributed by atoms with Crippen LogP contribution in [0.15, 0.2) is 58.1 Å². The molecule has 6 heteroatoms. The van der Waals surface area contributed by atoms with Crippen LogP contribution >= 0.6 is 15.9 Å². The number of carbonyl (C=O) groups is 2. The lowest BCUT2D eigenvalue weighted by Gasteiger charge is -2.05. The molecule has 0 saturated heterocycles. The Kier molecular flexibility index (Phi) is 7.53. The van der Waals surface area contributed by atoms with Gasteiger partial charge in [-0.3, -0.25) is 9.59 Å². The summed E-state index contributed by atoms with van der Waals surface area (Å²) in [5.74, 6) is -0.0361. The summed E-state index contributed by atoms with van der Waals surface area (Å²) in [4.78, 5) is 23.6. The first-order valence-corrected chi connectivity index (χ1v) is 9.20. The maximum absolute atomic E-state index is 11.8. The van der Waals surface area contributed by atoms with E-state index in [1.54, 1.807) is 18.3 Å². The molecule has 0 aliphatic rings. The molecule has 0 aliphatic heterocycles. The molecule has 0 aliphatic carbocycles. The fraction of sp³-hybridized carbons (Fsp3) is 0.250. The van der Waals surface area contributed by atoms with E-state index >= 15 is 0 Å². The van der Waals surface area contributed by atoms with Crippen LogP contribution in [0.5, 0.6) is 0 Å². The molecular formula is C20H22BrN3O2. The molecule has 2 N–H and O–H groups in total. The van der Waals surface area contributed by atoms with Gasteiger partial charge in [-0.1, -0.05) is 54.0 Å². The van der Waals surface area contributed by atoms with Gasteiger partial charge in [-0.25, -0.2) is 5.43 Å². The van der Waals surface area contributed by atoms with Gasteiger partial charge in [-0.05, 0) is 41.3 Å². The van der Waals surface area contributed by atoms with Crippen molar-refractivity contribution in [1.82, 2.24) is 5.43 Å². The zero-order valence-electron chi connectivity index (χ0n) is 14.8. The van der Waals surface area contributed by atoms with E-state index in [1.807, 2.05) is 36.4 Å². The highest BCUT2D eigenvalue weighted by atomic mass is 79.9. The minimum atomic E-state index is -0.300. The molecule has 2 aromatic carbocycles. The number of anilines is 1. The van der Waals surface area contributed by atoms with Crippen LogP contribution in [-0.2, 0) is 9.59 Å². The van der Waals surface area contributed by atoms with Crippen molar-refractivity contribution in [2.75, 3.05) is 5.32 Å². The van der Waals surface area contributed by atoms with Crippen molar-refractivity contribution in [2.24, 2.45) is 5.10 Å². The Hall–Kier alpha value is -2.47. The van der Waals surface area contributed by atoms with Crippen LogP contribution in [0.25, 0.3) is 0 Å². The van der Waals surface area contributed by atoms with E-state index in [0.29, 0.717) is 11.6 Å². The zero-order valence-corrected chi connectivity index (χ0v) is 16.4. The fourth-order valence-corrected chi connectivity index (χ4v) is 2.45. The quantitative estimate of drug-likeness (QED) is 0.518. The topological polar surface area (TPSA) is 70.6 Å². The van der Waals surface area contributed by atoms with Crippen molar-refractivity contribution >= 4 is 39.6 Å². The molecule has 0 spiro atoms. The van der Waals surface area contributed by atoms with E-state index < -0.39 is 0 Å². The molecule has 5 nitrogen and oxygen atoms in total. The lowest BCUT2D eigenvalue weighted by molar-refractivity contribution is -0.124. The van der Waals surface area contributed by atoms with E-state index in [9.17, 15) is 9.59 Å². The maximum Gasteiger partial charge on any atom is 0.240 e. The maximum atomic E-state index is 11.8. The van der Waals surface area contributed by atoms with Crippen molar-refractivity contribution in [3.63, 3.8) is 0 Å². The number of rotatable bonds is 7. The summed E-state index contributed by atoms with van der Waals surface area (Å²) < 4.78 is 0.937. The molecule has 0 saturated carbocycles. The Balaban J connectivity index is 1.72. The summed E-state index contributed by atoms with van der Waals surface area (Å²) in [5, 5.41) is 6.67. The first-order valence-electron chi connectivity index (χ1n) is 8.41. The van der Waals surface area contributed by atoms with Crippen LogP contribution in [0, 0.1) is 0 Å². The Morgan fingerprint density at radius 1 is 1.00 bits per heavy atom. The largest absolute Gasteiger partial charge is 0.326 e. The second kappa shape index (κ2) is 9.87. The predicted molar refractivity (Wildman–Crippen MR) is 108 cm³/mol. The SMILES string of the molecule is CC(C)c1ccc(/C=N/NC(=O)CCC(=O)Nc2ccc(Br)cc2)cc1. The Bertz CT molecular complexity index is 769. The smallest absolute Gasteiger partial charge is 0.240 e. The van der Waals surface area contributed by atoms with Crippen LogP contribution in [0.4, 0.5) is 5.69 Å². The first-order chi connectivity index (χ1) is 12.4. The Morgan fingerprint density at radius 2 is 1.62 bits per heavy atom. The summed E-state index contributed by atoms with van der Waals surface area (Å²) in [6.45, 7) is 4.27. The average molecular weight is 416 g/mol. The van der Waals surface area contributed by atoms with Crippen LogP contribution in [0.1, 0.15) is 43.7 Å². The third kappa shape index (κ3) is 6.80. The number of nitrogens with zero attached hydrogens (tertiary/aromatic N) is 1. The van der Waals surface area contributed by atoms with Crippen molar-refractivity contribution in [2.45, 2.75) is 32.6 Å².